The molecule has 1 aliphatic rings. The Morgan fingerprint density at radius 2 is 1.56 bits per heavy atom. The van der Waals surface area contributed by atoms with E-state index in [2.05, 4.69) is 16.7 Å². The zero-order chi connectivity index (χ0) is 19.4. The molecule has 27 heavy (non-hydrogen) atoms. The summed E-state index contributed by atoms with van der Waals surface area (Å²) in [6.45, 7) is 5.88. The van der Waals surface area contributed by atoms with E-state index in [1.807, 2.05) is 0 Å². The number of ether oxygens (including phenoxy) is 2. The highest BCUT2D eigenvalue weighted by Crippen LogP contribution is 2.21. The van der Waals surface area contributed by atoms with Gasteiger partial charge in [-0.15, -0.1) is 0 Å². The molecule has 0 unspecified atom stereocenters. The van der Waals surface area contributed by atoms with E-state index >= 15 is 0 Å². The van der Waals surface area contributed by atoms with E-state index in [0.29, 0.717) is 13.1 Å². The minimum absolute atomic E-state index is 0.258. The summed E-state index contributed by atoms with van der Waals surface area (Å²) in [5.74, 6) is -0.407. The molecule has 1 aliphatic heterocycles. The fraction of sp³-hybridized carbons (Fsp3) is 0.474. The number of hydrogen-bond donors (Lipinski definition) is 0. The smallest absolute Gasteiger partial charge is 0.374 e. The topological polar surface area (TPSA) is 85.4 Å². The standard InChI is InChI=1S/C19H24N2O6/c1-13-10-20(11-14-4-8-26-16(14)18(22)24-2)6-7-21(13)12-15-5-9-27-17(15)19(23)25-3/h4-5,8-9,13H,6-7,10-12H2,1-3H3/t13-/m0/s1. The van der Waals surface area contributed by atoms with Crippen molar-refractivity contribution in [3.63, 3.8) is 0 Å². The molecule has 3 heterocycles. The molecule has 3 rings (SSSR count). The molecule has 1 saturated heterocycles. The average molecular weight is 376 g/mol. The Kier molecular flexibility index (Phi) is 5.98. The number of furan rings is 2. The van der Waals surface area contributed by atoms with Crippen molar-refractivity contribution in [3.8, 4) is 0 Å². The van der Waals surface area contributed by atoms with Crippen LogP contribution in [0.2, 0.25) is 0 Å². The SMILES string of the molecule is COC(=O)c1occc1CN1CCN(Cc2ccoc2C(=O)OC)[C@@H](C)C1. The number of nitrogens with zero attached hydrogens (tertiary/aromatic N) is 2. The molecule has 8 heteroatoms. The number of hydrogen-bond acceptors (Lipinski definition) is 8. The van der Waals surface area contributed by atoms with E-state index in [0.717, 1.165) is 30.8 Å². The second-order valence-electron chi connectivity index (χ2n) is 6.59. The number of carbonyl (C=O) groups excluding carboxylic acids is 2. The predicted molar refractivity (Wildman–Crippen MR) is 95.2 cm³/mol. The highest BCUT2D eigenvalue weighted by molar-refractivity contribution is 5.88. The summed E-state index contributed by atoms with van der Waals surface area (Å²) in [6.07, 6.45) is 3.02. The van der Waals surface area contributed by atoms with Gasteiger partial charge in [-0.1, -0.05) is 0 Å². The summed E-state index contributed by atoms with van der Waals surface area (Å²) < 4.78 is 20.0. The first-order chi connectivity index (χ1) is 13.0. The maximum Gasteiger partial charge on any atom is 0.374 e. The third kappa shape index (κ3) is 4.23. The Balaban J connectivity index is 1.60. The van der Waals surface area contributed by atoms with Crippen molar-refractivity contribution in [2.24, 2.45) is 0 Å². The Hall–Kier alpha value is -2.58. The van der Waals surface area contributed by atoms with Crippen LogP contribution in [0.5, 0.6) is 0 Å². The molecular weight excluding hydrogens is 352 g/mol. The van der Waals surface area contributed by atoms with Crippen LogP contribution < -0.4 is 0 Å². The zero-order valence-corrected chi connectivity index (χ0v) is 15.8. The van der Waals surface area contributed by atoms with E-state index < -0.39 is 11.9 Å². The molecule has 0 amide bonds. The average Bonchev–Trinajstić information content (AvgIpc) is 3.32. The highest BCUT2D eigenvalue weighted by Gasteiger charge is 2.27. The van der Waals surface area contributed by atoms with Crippen LogP contribution in [0.1, 0.15) is 39.2 Å². The maximum absolute atomic E-state index is 11.8. The summed E-state index contributed by atoms with van der Waals surface area (Å²) in [5.41, 5.74) is 1.65. The highest BCUT2D eigenvalue weighted by atomic mass is 16.5. The first kappa shape index (κ1) is 19.2. The molecule has 8 nitrogen and oxygen atoms in total. The zero-order valence-electron chi connectivity index (χ0n) is 15.8. The van der Waals surface area contributed by atoms with E-state index in [4.69, 9.17) is 18.3 Å². The van der Waals surface area contributed by atoms with Gasteiger partial charge in [-0.2, -0.15) is 0 Å². The van der Waals surface area contributed by atoms with Gasteiger partial charge in [0.1, 0.15) is 0 Å². The lowest BCUT2D eigenvalue weighted by Crippen LogP contribution is -2.51. The molecule has 2 aromatic rings. The Morgan fingerprint density at radius 1 is 1.00 bits per heavy atom. The van der Waals surface area contributed by atoms with Gasteiger partial charge in [0.2, 0.25) is 11.5 Å². The van der Waals surface area contributed by atoms with Crippen LogP contribution >= 0.6 is 0 Å². The molecule has 0 aliphatic carbocycles. The molecule has 146 valence electrons. The molecule has 1 fully saturated rings. The monoisotopic (exact) mass is 376 g/mol. The van der Waals surface area contributed by atoms with Gasteiger partial charge in [0.15, 0.2) is 0 Å². The Morgan fingerprint density at radius 3 is 2.07 bits per heavy atom. The number of piperazine rings is 1. The largest absolute Gasteiger partial charge is 0.463 e. The second-order valence-corrected chi connectivity index (χ2v) is 6.59. The molecule has 0 N–H and O–H groups in total. The molecule has 0 spiro atoms. The number of esters is 2. The van der Waals surface area contributed by atoms with E-state index in [1.165, 1.54) is 26.7 Å². The van der Waals surface area contributed by atoms with Gasteiger partial charge >= 0.3 is 11.9 Å². The van der Waals surface area contributed by atoms with E-state index in [-0.39, 0.29) is 17.6 Å². The number of methoxy groups -OCH3 is 2. The van der Waals surface area contributed by atoms with Gasteiger partial charge in [0.25, 0.3) is 0 Å². The van der Waals surface area contributed by atoms with Crippen molar-refractivity contribution in [2.45, 2.75) is 26.1 Å². The molecule has 2 aromatic heterocycles. The first-order valence-electron chi connectivity index (χ1n) is 8.79. The molecule has 0 radical (unpaired) electrons. The fourth-order valence-electron chi connectivity index (χ4n) is 3.37. The maximum atomic E-state index is 11.8. The summed E-state index contributed by atoms with van der Waals surface area (Å²) in [6, 6.07) is 3.88. The molecule has 0 aromatic carbocycles. The van der Waals surface area contributed by atoms with Gasteiger partial charge in [-0.25, -0.2) is 9.59 Å². The van der Waals surface area contributed by atoms with Gasteiger partial charge in [-0.3, -0.25) is 9.80 Å². The lowest BCUT2D eigenvalue weighted by molar-refractivity contribution is 0.0533. The van der Waals surface area contributed by atoms with Gasteiger partial charge in [0, 0.05) is 49.9 Å². The van der Waals surface area contributed by atoms with Crippen LogP contribution in [0.25, 0.3) is 0 Å². The Bertz CT molecular complexity index is 796. The number of carbonyl (C=O) groups is 2. The van der Waals surface area contributed by atoms with Gasteiger partial charge in [-0.05, 0) is 19.1 Å². The molecular formula is C19H24N2O6. The summed E-state index contributed by atoms with van der Waals surface area (Å²) >= 11 is 0. The van der Waals surface area contributed by atoms with Crippen LogP contribution in [0.4, 0.5) is 0 Å². The quantitative estimate of drug-likeness (QED) is 0.709. The van der Waals surface area contributed by atoms with Gasteiger partial charge in [0.05, 0.1) is 26.7 Å². The van der Waals surface area contributed by atoms with E-state index in [9.17, 15) is 9.59 Å². The predicted octanol–water partition coefficient (Wildman–Crippen LogP) is 2.15. The third-order valence-corrected chi connectivity index (χ3v) is 4.85. The minimum atomic E-state index is -0.461. The first-order valence-corrected chi connectivity index (χ1v) is 8.79. The van der Waals surface area contributed by atoms with Crippen molar-refractivity contribution >= 4 is 11.9 Å². The molecule has 0 saturated carbocycles. The van der Waals surface area contributed by atoms with Crippen LogP contribution in [0.15, 0.2) is 33.5 Å². The van der Waals surface area contributed by atoms with E-state index in [1.54, 1.807) is 12.1 Å². The summed E-state index contributed by atoms with van der Waals surface area (Å²) in [4.78, 5) is 28.1. The summed E-state index contributed by atoms with van der Waals surface area (Å²) in [7, 11) is 2.68. The minimum Gasteiger partial charge on any atom is -0.463 e. The van der Waals surface area contributed by atoms with Crippen molar-refractivity contribution in [3.05, 3.63) is 47.3 Å². The second kappa shape index (κ2) is 8.41. The van der Waals surface area contributed by atoms with Crippen LogP contribution in [0.3, 0.4) is 0 Å². The summed E-state index contributed by atoms with van der Waals surface area (Å²) in [5, 5.41) is 0. The lowest BCUT2D eigenvalue weighted by atomic mass is 10.1. The molecule has 0 bridgehead atoms. The number of rotatable bonds is 6. The van der Waals surface area contributed by atoms with Crippen molar-refractivity contribution in [2.75, 3.05) is 33.9 Å². The Labute approximate surface area is 157 Å². The van der Waals surface area contributed by atoms with Crippen LogP contribution in [-0.2, 0) is 22.6 Å². The van der Waals surface area contributed by atoms with Crippen molar-refractivity contribution < 1.29 is 27.9 Å². The van der Waals surface area contributed by atoms with Crippen molar-refractivity contribution in [1.82, 2.24) is 9.80 Å². The fourth-order valence-corrected chi connectivity index (χ4v) is 3.37. The van der Waals surface area contributed by atoms with Crippen LogP contribution in [-0.4, -0.2) is 61.6 Å². The molecule has 1 atom stereocenters. The normalized spacial score (nSPS) is 18.4. The van der Waals surface area contributed by atoms with Crippen molar-refractivity contribution in [1.29, 1.82) is 0 Å². The van der Waals surface area contributed by atoms with Crippen LogP contribution in [0, 0.1) is 0 Å². The lowest BCUT2D eigenvalue weighted by Gasteiger charge is -2.39. The van der Waals surface area contributed by atoms with Gasteiger partial charge < -0.3 is 18.3 Å². The third-order valence-electron chi connectivity index (χ3n) is 4.85.